The third-order valence-electron chi connectivity index (χ3n) is 13.5. The van der Waals surface area contributed by atoms with Gasteiger partial charge in [-0.1, -0.05) is 103 Å². The van der Waals surface area contributed by atoms with Crippen molar-refractivity contribution in [3.63, 3.8) is 0 Å². The molecule has 0 radical (unpaired) electrons. The minimum atomic E-state index is -1.75. The van der Waals surface area contributed by atoms with Gasteiger partial charge in [0, 0.05) is 11.0 Å². The van der Waals surface area contributed by atoms with E-state index < -0.39 is 141 Å². The third-order valence-corrected chi connectivity index (χ3v) is 13.5. The van der Waals surface area contributed by atoms with Gasteiger partial charge in [-0.2, -0.15) is 0 Å². The molecule has 3 aromatic carbocycles. The van der Waals surface area contributed by atoms with Crippen molar-refractivity contribution in [2.45, 2.75) is 156 Å². The van der Waals surface area contributed by atoms with Crippen LogP contribution in [0.15, 0.2) is 96.1 Å². The van der Waals surface area contributed by atoms with Gasteiger partial charge in [0.25, 0.3) is 0 Å². The normalized spacial score (nSPS) is 38.0. The highest BCUT2D eigenvalue weighted by molar-refractivity contribution is 5.68. The molecule has 0 bridgehead atoms. The molecule has 71 heavy (non-hydrogen) atoms. The minimum Gasteiger partial charge on any atom is -0.445 e. The summed E-state index contributed by atoms with van der Waals surface area (Å²) in [5.41, 5.74) is 17.7. The van der Waals surface area contributed by atoms with E-state index in [1.807, 2.05) is 36.4 Å². The Morgan fingerprint density at radius 2 is 1.23 bits per heavy atom. The van der Waals surface area contributed by atoms with Gasteiger partial charge in [-0.15, -0.1) is 0 Å². The molecule has 1 aliphatic carbocycles. The standard InChI is InChI=1S/C48H62N6O17/c1-24-19-28(49)35(56)43(40(24)69-44-33(37(58)36(57)31(67-44)20-51-54-50)52-47(61)63-22-25-11-5-2-6-12-25)71-46-39(60)42(32(21-55)68-46)70-45-34(53-48(62)64-23-26-13-7-3-8-14-26)38(59)41-30(66-45)18-17-29(65-41)27-15-9-4-10-16-27/h2-16,24,28-46,55-60H,17-23,49H2,1H3,(H,52,61)(H,53,62)/t24-,28+,29?,30-,31+,32+,33+,34+,35-,36+,37+,38+,39+,40+,41+,42+,43+,44+,45+,46-/m0/s1. The highest BCUT2D eigenvalue weighted by atomic mass is 16.8. The van der Waals surface area contributed by atoms with Gasteiger partial charge in [-0.3, -0.25) is 0 Å². The van der Waals surface area contributed by atoms with E-state index in [1.54, 1.807) is 61.5 Å². The zero-order valence-electron chi connectivity index (χ0n) is 38.8. The quantitative estimate of drug-likeness (QED) is 0.0555. The molecule has 0 aromatic heterocycles. The molecule has 20 atom stereocenters. The van der Waals surface area contributed by atoms with E-state index in [4.69, 9.17) is 53.9 Å². The number of carbonyl (C=O) groups excluding carboxylic acids is 2. The molecule has 386 valence electrons. The van der Waals surface area contributed by atoms with E-state index in [2.05, 4.69) is 20.7 Å². The molecule has 2 amide bonds. The van der Waals surface area contributed by atoms with E-state index in [9.17, 15) is 40.2 Å². The van der Waals surface area contributed by atoms with Crippen LogP contribution in [0.2, 0.25) is 0 Å². The largest absolute Gasteiger partial charge is 0.445 e. The molecule has 5 fully saturated rings. The Hall–Kier alpha value is -5.05. The average Bonchev–Trinajstić information content (AvgIpc) is 3.68. The van der Waals surface area contributed by atoms with Gasteiger partial charge >= 0.3 is 12.2 Å². The number of nitrogens with zero attached hydrogens (tertiary/aromatic N) is 3. The molecule has 0 spiro atoms. The molecule has 8 rings (SSSR count). The second-order valence-electron chi connectivity index (χ2n) is 18.4. The topological polar surface area (TPSA) is 337 Å². The maximum absolute atomic E-state index is 13.4. The van der Waals surface area contributed by atoms with Gasteiger partial charge in [0.15, 0.2) is 18.9 Å². The number of alkyl carbamates (subject to hydrolysis) is 2. The summed E-state index contributed by atoms with van der Waals surface area (Å²) in [6.07, 6.45) is -22.3. The molecule has 10 N–H and O–H groups in total. The van der Waals surface area contributed by atoms with Crippen LogP contribution >= 0.6 is 0 Å². The number of amides is 2. The van der Waals surface area contributed by atoms with Crippen molar-refractivity contribution in [3.05, 3.63) is 118 Å². The fraction of sp³-hybridized carbons (Fsp3) is 0.583. The summed E-state index contributed by atoms with van der Waals surface area (Å²) in [4.78, 5) is 29.2. The Morgan fingerprint density at radius 1 is 0.676 bits per heavy atom. The number of rotatable bonds is 16. The molecule has 4 aliphatic heterocycles. The van der Waals surface area contributed by atoms with Crippen molar-refractivity contribution in [3.8, 4) is 0 Å². The maximum Gasteiger partial charge on any atom is 0.407 e. The Bertz CT molecular complexity index is 2220. The van der Waals surface area contributed by atoms with Gasteiger partial charge < -0.3 is 89.6 Å². The van der Waals surface area contributed by atoms with E-state index >= 15 is 0 Å². The zero-order chi connectivity index (χ0) is 50.2. The molecule has 23 heteroatoms. The lowest BCUT2D eigenvalue weighted by molar-refractivity contribution is -0.314. The Labute approximate surface area is 408 Å². The van der Waals surface area contributed by atoms with Crippen LogP contribution in [0.4, 0.5) is 9.59 Å². The first-order valence-electron chi connectivity index (χ1n) is 23.7. The van der Waals surface area contributed by atoms with Crippen molar-refractivity contribution >= 4 is 12.2 Å². The molecular weight excluding hydrogens is 933 g/mol. The van der Waals surface area contributed by atoms with Crippen molar-refractivity contribution in [2.24, 2.45) is 16.8 Å². The van der Waals surface area contributed by atoms with Gasteiger partial charge in [-0.25, -0.2) is 9.59 Å². The van der Waals surface area contributed by atoms with Crippen LogP contribution in [-0.4, -0.2) is 166 Å². The van der Waals surface area contributed by atoms with Crippen molar-refractivity contribution in [1.29, 1.82) is 0 Å². The number of fused-ring (bicyclic) bond motifs is 1. The number of benzene rings is 3. The smallest absolute Gasteiger partial charge is 0.407 e. The van der Waals surface area contributed by atoms with Gasteiger partial charge in [0.05, 0.1) is 43.7 Å². The minimum absolute atomic E-state index is 0.0918. The maximum atomic E-state index is 13.4. The van der Waals surface area contributed by atoms with Gasteiger partial charge in [-0.05, 0) is 47.4 Å². The van der Waals surface area contributed by atoms with E-state index in [0.717, 1.165) is 5.56 Å². The molecule has 1 saturated carbocycles. The van der Waals surface area contributed by atoms with Crippen LogP contribution in [-0.2, 0) is 55.8 Å². The summed E-state index contributed by atoms with van der Waals surface area (Å²) in [6.45, 7) is 0.350. The first-order chi connectivity index (χ1) is 34.3. The second-order valence-corrected chi connectivity index (χ2v) is 18.4. The second kappa shape index (κ2) is 24.1. The van der Waals surface area contributed by atoms with Gasteiger partial charge in [0.2, 0.25) is 0 Å². The van der Waals surface area contributed by atoms with Crippen molar-refractivity contribution in [1.82, 2.24) is 10.6 Å². The molecule has 1 unspecified atom stereocenters. The summed E-state index contributed by atoms with van der Waals surface area (Å²) in [5.74, 6) is -0.552. The summed E-state index contributed by atoms with van der Waals surface area (Å²) in [6, 6.07) is 23.5. The highest BCUT2D eigenvalue weighted by Crippen LogP contribution is 2.41. The number of aliphatic hydroxyl groups excluding tert-OH is 6. The first-order valence-corrected chi connectivity index (χ1v) is 23.7. The fourth-order valence-electron chi connectivity index (χ4n) is 9.78. The number of aliphatic hydroxyl groups is 6. The number of hydrogen-bond acceptors (Lipinski definition) is 19. The van der Waals surface area contributed by atoms with Crippen LogP contribution in [0.1, 0.15) is 49.0 Å². The Morgan fingerprint density at radius 3 is 1.83 bits per heavy atom. The van der Waals surface area contributed by atoms with Gasteiger partial charge in [0.1, 0.15) is 74.1 Å². The van der Waals surface area contributed by atoms with Crippen LogP contribution in [0.25, 0.3) is 10.4 Å². The molecule has 4 saturated heterocycles. The molecular formula is C48H62N6O17. The number of nitrogens with one attached hydrogen (secondary N) is 2. The van der Waals surface area contributed by atoms with Crippen LogP contribution in [0.5, 0.6) is 0 Å². The SMILES string of the molecule is C[C@H]1C[C@@H](N)[C@H](O)[C@@H](O[C@@H]2O[C@H](CO)[C@@H](O[C@H]3O[C@H]4CCC(c5ccccc5)O[C@H]4[C@H](O)[C@H]3NC(=O)OCc3ccccc3)[C@H]2O)[C@@H]1O[C@H]1O[C@H](CN=[N+]=[N-])[C@@H](O)[C@H](O)[C@H]1NC(=O)OCc1ccccc1. The first kappa shape index (κ1) is 52.3. The number of ether oxygens (including phenoxy) is 9. The zero-order valence-corrected chi connectivity index (χ0v) is 38.8. The summed E-state index contributed by atoms with van der Waals surface area (Å²) < 4.78 is 54.9. The van der Waals surface area contributed by atoms with Crippen LogP contribution < -0.4 is 16.4 Å². The fourth-order valence-corrected chi connectivity index (χ4v) is 9.78. The summed E-state index contributed by atoms with van der Waals surface area (Å²) in [7, 11) is 0. The molecule has 4 heterocycles. The monoisotopic (exact) mass is 994 g/mol. The van der Waals surface area contributed by atoms with Crippen LogP contribution in [0.3, 0.4) is 0 Å². The number of nitrogens with two attached hydrogens (primary N) is 1. The van der Waals surface area contributed by atoms with E-state index in [-0.39, 0.29) is 25.7 Å². The molecule has 5 aliphatic rings. The number of azide groups is 1. The summed E-state index contributed by atoms with van der Waals surface area (Å²) in [5, 5.41) is 77.2. The third kappa shape index (κ3) is 12.4. The lowest BCUT2D eigenvalue weighted by Gasteiger charge is -2.48. The van der Waals surface area contributed by atoms with E-state index in [1.165, 1.54) is 0 Å². The van der Waals surface area contributed by atoms with E-state index in [0.29, 0.717) is 24.0 Å². The number of hydrogen-bond donors (Lipinski definition) is 9. The predicted octanol–water partition coefficient (Wildman–Crippen LogP) is 1.30. The summed E-state index contributed by atoms with van der Waals surface area (Å²) >= 11 is 0. The lowest BCUT2D eigenvalue weighted by Crippen LogP contribution is -2.67. The number of carbonyl (C=O) groups is 2. The Balaban J connectivity index is 0.994. The van der Waals surface area contributed by atoms with Crippen molar-refractivity contribution < 1.29 is 82.9 Å². The average molecular weight is 995 g/mol. The predicted molar refractivity (Wildman–Crippen MR) is 244 cm³/mol. The van der Waals surface area contributed by atoms with Crippen molar-refractivity contribution in [2.75, 3.05) is 13.2 Å². The molecule has 3 aromatic rings. The lowest BCUT2D eigenvalue weighted by atomic mass is 9.80. The van der Waals surface area contributed by atoms with Crippen LogP contribution in [0, 0.1) is 5.92 Å². The molecule has 23 nitrogen and oxygen atoms in total. The Kier molecular flexibility index (Phi) is 17.8. The highest BCUT2D eigenvalue weighted by Gasteiger charge is 2.56.